The lowest BCUT2D eigenvalue weighted by Gasteiger charge is -2.13. The number of nitrogens with zero attached hydrogens (tertiary/aromatic N) is 1. The molecule has 0 aliphatic carbocycles. The summed E-state index contributed by atoms with van der Waals surface area (Å²) in [5.74, 6) is -3.01. The Kier molecular flexibility index (Phi) is 6.59. The molecule has 0 aromatic rings. The van der Waals surface area contributed by atoms with Gasteiger partial charge in [0.05, 0.1) is 19.9 Å². The van der Waals surface area contributed by atoms with E-state index in [1.165, 1.54) is 4.90 Å². The number of carbonyl (C=O) groups excluding carboxylic acids is 1. The number of hydrogen-bond donors (Lipinski definition) is 1. The number of aliphatic carboxylic acids is 1. The van der Waals surface area contributed by atoms with E-state index in [1.807, 2.05) is 0 Å². The Morgan fingerprint density at radius 3 is 2.41 bits per heavy atom. The van der Waals surface area contributed by atoms with Crippen molar-refractivity contribution in [3.8, 4) is 0 Å². The topological polar surface area (TPSA) is 57.0 Å². The first-order chi connectivity index (χ1) is 7.77. The van der Waals surface area contributed by atoms with E-state index in [4.69, 9.17) is 14.6 Å². The molecule has 0 aromatic heterocycles. The van der Waals surface area contributed by atoms with Gasteiger partial charge in [0, 0.05) is 13.7 Å². The molecule has 0 amide bonds. The highest BCUT2D eigenvalue weighted by Gasteiger charge is 2.28. The van der Waals surface area contributed by atoms with Crippen LogP contribution in [0.5, 0.6) is 0 Å². The molecular formula is C9H15F3N2O3. The van der Waals surface area contributed by atoms with E-state index in [2.05, 4.69) is 24.3 Å². The smallest absolute Gasteiger partial charge is 0.430 e. The highest BCUT2D eigenvalue weighted by atomic mass is 19.4. The summed E-state index contributed by atoms with van der Waals surface area (Å²) in [6.07, 6.45) is -0.927. The molecule has 17 heavy (non-hydrogen) atoms. The zero-order chi connectivity index (χ0) is 13.5. The fraction of sp³-hybridized carbons (Fsp3) is 0.667. The van der Waals surface area contributed by atoms with Crippen molar-refractivity contribution in [3.05, 3.63) is 12.4 Å². The van der Waals surface area contributed by atoms with Crippen LogP contribution < -0.4 is 10.0 Å². The molecule has 1 rings (SSSR count). The van der Waals surface area contributed by atoms with Crippen molar-refractivity contribution in [2.24, 2.45) is 0 Å². The molecule has 0 saturated heterocycles. The molecule has 1 unspecified atom stereocenters. The van der Waals surface area contributed by atoms with Crippen LogP contribution in [-0.4, -0.2) is 51.0 Å². The number of rotatable bonds is 3. The Labute approximate surface area is 97.1 Å². The monoisotopic (exact) mass is 256 g/mol. The number of ether oxygens (including phenoxy) is 1. The van der Waals surface area contributed by atoms with E-state index >= 15 is 0 Å². The predicted octanol–water partition coefficient (Wildman–Crippen LogP) is -1.81. The lowest BCUT2D eigenvalue weighted by molar-refractivity contribution is -0.826. The molecule has 0 fully saturated rings. The third kappa shape index (κ3) is 7.58. The van der Waals surface area contributed by atoms with Crippen molar-refractivity contribution in [3.63, 3.8) is 0 Å². The second-order valence-electron chi connectivity index (χ2n) is 3.41. The maximum Gasteiger partial charge on any atom is 0.430 e. The third-order valence-corrected chi connectivity index (χ3v) is 1.84. The van der Waals surface area contributed by atoms with E-state index in [1.54, 1.807) is 7.11 Å². The number of halogens is 3. The predicted molar refractivity (Wildman–Crippen MR) is 50.5 cm³/mol. The van der Waals surface area contributed by atoms with E-state index < -0.39 is 12.1 Å². The van der Waals surface area contributed by atoms with Crippen molar-refractivity contribution in [1.82, 2.24) is 4.90 Å². The van der Waals surface area contributed by atoms with Gasteiger partial charge in [-0.1, -0.05) is 0 Å². The molecule has 1 atom stereocenters. The van der Waals surface area contributed by atoms with Crippen LogP contribution >= 0.6 is 0 Å². The van der Waals surface area contributed by atoms with Crippen molar-refractivity contribution in [2.75, 3.05) is 34.0 Å². The fourth-order valence-corrected chi connectivity index (χ4v) is 1.02. The normalized spacial score (nSPS) is 18.9. The largest absolute Gasteiger partial charge is 0.542 e. The number of alkyl halides is 3. The highest BCUT2D eigenvalue weighted by molar-refractivity contribution is 5.70. The van der Waals surface area contributed by atoms with Gasteiger partial charge in [-0.25, -0.2) is 0 Å². The molecule has 0 aromatic carbocycles. The molecule has 1 aliphatic heterocycles. The van der Waals surface area contributed by atoms with Crippen LogP contribution in [0.2, 0.25) is 0 Å². The molecule has 1 N–H and O–H groups in total. The van der Waals surface area contributed by atoms with Gasteiger partial charge in [0.25, 0.3) is 0 Å². The average Bonchev–Trinajstić information content (AvgIpc) is 2.60. The third-order valence-electron chi connectivity index (χ3n) is 1.84. The van der Waals surface area contributed by atoms with Gasteiger partial charge in [-0.3, -0.25) is 4.90 Å². The van der Waals surface area contributed by atoms with Crippen LogP contribution in [0.25, 0.3) is 0 Å². The fourth-order valence-electron chi connectivity index (χ4n) is 1.02. The van der Waals surface area contributed by atoms with Gasteiger partial charge in [0.1, 0.15) is 12.2 Å². The summed E-state index contributed by atoms with van der Waals surface area (Å²) in [6, 6.07) is 0. The molecule has 0 saturated carbocycles. The molecule has 100 valence electrons. The second-order valence-corrected chi connectivity index (χ2v) is 3.41. The number of carboxylic acid groups (broad SMARTS) is 1. The van der Waals surface area contributed by atoms with Gasteiger partial charge in [-0.15, -0.1) is 0 Å². The first-order valence-electron chi connectivity index (χ1n) is 4.79. The van der Waals surface area contributed by atoms with Crippen LogP contribution in [0, 0.1) is 0 Å². The van der Waals surface area contributed by atoms with E-state index in [0.717, 1.165) is 19.8 Å². The molecular weight excluding hydrogens is 241 g/mol. The van der Waals surface area contributed by atoms with Crippen LogP contribution in [0.15, 0.2) is 12.4 Å². The minimum absolute atomic E-state index is 0.817. The Morgan fingerprint density at radius 1 is 1.59 bits per heavy atom. The number of hydrogen-bond acceptors (Lipinski definition) is 4. The molecule has 1 aliphatic rings. The maximum atomic E-state index is 10.5. The van der Waals surface area contributed by atoms with Gasteiger partial charge in [0.2, 0.25) is 0 Å². The Bertz CT molecular complexity index is 269. The Hall–Kier alpha value is -1.28. The minimum atomic E-state index is -5.19. The standard InChI is InChI=1S/C7H14N2O.C2HF3O2/c1-8-3-4-9(7-8)5-6-10-2;3-2(4,5)1(6)7/h3-4H,5-7H2,1-2H3;(H,6,7). The summed E-state index contributed by atoms with van der Waals surface area (Å²) in [6.45, 7) is 2.89. The molecule has 0 radical (unpaired) electrons. The zero-order valence-electron chi connectivity index (χ0n) is 9.58. The molecule has 1 heterocycles. The van der Waals surface area contributed by atoms with Crippen LogP contribution in [-0.2, 0) is 9.53 Å². The summed E-state index contributed by atoms with van der Waals surface area (Å²) < 4.78 is 36.5. The zero-order valence-corrected chi connectivity index (χ0v) is 9.58. The van der Waals surface area contributed by atoms with Crippen molar-refractivity contribution in [1.29, 1.82) is 0 Å². The molecule has 0 bridgehead atoms. The Balaban J connectivity index is 0.000000325. The number of nitrogens with one attached hydrogen (secondary N) is 1. The van der Waals surface area contributed by atoms with E-state index in [9.17, 15) is 13.2 Å². The van der Waals surface area contributed by atoms with Gasteiger partial charge < -0.3 is 19.5 Å². The number of carboxylic acids is 1. The second kappa shape index (κ2) is 7.13. The SMILES string of the molecule is COCCN1C=C[NH+](C)C1.O=C([O-])C(F)(F)F. The highest BCUT2D eigenvalue weighted by Crippen LogP contribution is 2.11. The first-order valence-corrected chi connectivity index (χ1v) is 4.79. The lowest BCUT2D eigenvalue weighted by Crippen LogP contribution is -3.03. The van der Waals surface area contributed by atoms with Gasteiger partial charge in [0.15, 0.2) is 6.67 Å². The maximum absolute atomic E-state index is 10.5. The summed E-state index contributed by atoms with van der Waals surface area (Å²) in [5, 5.41) is 8.78. The van der Waals surface area contributed by atoms with Crippen molar-refractivity contribution < 1.29 is 32.7 Å². The van der Waals surface area contributed by atoms with Crippen LogP contribution in [0.1, 0.15) is 0 Å². The lowest BCUT2D eigenvalue weighted by atomic mass is 10.6. The summed E-state index contributed by atoms with van der Waals surface area (Å²) in [7, 11) is 3.87. The van der Waals surface area contributed by atoms with Gasteiger partial charge in [-0.2, -0.15) is 13.2 Å². The number of methoxy groups -OCH3 is 1. The molecule has 5 nitrogen and oxygen atoms in total. The van der Waals surface area contributed by atoms with Gasteiger partial charge in [-0.05, 0) is 0 Å². The van der Waals surface area contributed by atoms with E-state index in [0.29, 0.717) is 0 Å². The summed E-state index contributed by atoms with van der Waals surface area (Å²) in [4.78, 5) is 12.5. The van der Waals surface area contributed by atoms with Crippen molar-refractivity contribution in [2.45, 2.75) is 6.18 Å². The van der Waals surface area contributed by atoms with Gasteiger partial charge >= 0.3 is 6.18 Å². The average molecular weight is 256 g/mol. The van der Waals surface area contributed by atoms with Crippen LogP contribution in [0.3, 0.4) is 0 Å². The van der Waals surface area contributed by atoms with Crippen molar-refractivity contribution >= 4 is 5.97 Å². The number of carbonyl (C=O) groups is 1. The van der Waals surface area contributed by atoms with E-state index in [-0.39, 0.29) is 0 Å². The summed E-state index contributed by atoms with van der Waals surface area (Å²) in [5.41, 5.74) is 0. The minimum Gasteiger partial charge on any atom is -0.542 e. The quantitative estimate of drug-likeness (QED) is 0.646. The van der Waals surface area contributed by atoms with Crippen LogP contribution in [0.4, 0.5) is 13.2 Å². The summed E-state index contributed by atoms with van der Waals surface area (Å²) >= 11 is 0. The Morgan fingerprint density at radius 2 is 2.12 bits per heavy atom. The first kappa shape index (κ1) is 15.7. The number of quaternary nitrogens is 1. The molecule has 0 spiro atoms. The molecule has 8 heteroatoms.